The average Bonchev–Trinajstić information content (AvgIpc) is 2.62. The Balaban J connectivity index is 1.62. The van der Waals surface area contributed by atoms with Crippen LogP contribution in [0.4, 0.5) is 14.9 Å². The third-order valence-corrected chi connectivity index (χ3v) is 4.22. The first-order valence-electron chi connectivity index (χ1n) is 7.98. The number of aromatic nitrogens is 1. The number of anilines is 1. The molecule has 6 nitrogen and oxygen atoms in total. The molecule has 148 valence electrons. The van der Waals surface area contributed by atoms with Gasteiger partial charge in [-0.2, -0.15) is 0 Å². The van der Waals surface area contributed by atoms with Gasteiger partial charge in [0, 0.05) is 16.1 Å². The molecule has 3 amide bonds. The lowest BCUT2D eigenvalue weighted by Crippen LogP contribution is -2.35. The molecule has 10 heteroatoms. The molecule has 0 unspecified atom stereocenters. The summed E-state index contributed by atoms with van der Waals surface area (Å²) in [5, 5.41) is 5.08. The Morgan fingerprint density at radius 3 is 2.34 bits per heavy atom. The number of urea groups is 1. The number of carbonyl (C=O) groups is 2. The maximum absolute atomic E-state index is 13.7. The minimum atomic E-state index is -0.976. The Kier molecular flexibility index (Phi) is 6.53. The highest BCUT2D eigenvalue weighted by molar-refractivity contribution is 6.35. The van der Waals surface area contributed by atoms with Gasteiger partial charge < -0.3 is 10.1 Å². The summed E-state index contributed by atoms with van der Waals surface area (Å²) in [6, 6.07) is 10.5. The minimum absolute atomic E-state index is 0.111. The molecule has 0 fully saturated rings. The number of ether oxygens (including phenoxy) is 1. The van der Waals surface area contributed by atoms with E-state index < -0.39 is 23.3 Å². The summed E-state index contributed by atoms with van der Waals surface area (Å²) in [5.41, 5.74) is -0.155. The van der Waals surface area contributed by atoms with E-state index in [0.29, 0.717) is 15.8 Å². The van der Waals surface area contributed by atoms with Crippen molar-refractivity contribution >= 4 is 52.4 Å². The molecule has 3 aromatic rings. The van der Waals surface area contributed by atoms with Gasteiger partial charge in [0.2, 0.25) is 5.88 Å². The molecular formula is C19H11Cl3FN3O3. The highest BCUT2D eigenvalue weighted by Gasteiger charge is 2.18. The SMILES string of the molecule is O=C(NC(=O)c1c(F)cccc1Cl)Nc1ccc(Oc2cc(Cl)cc(Cl)c2)nc1. The van der Waals surface area contributed by atoms with Crippen molar-refractivity contribution in [3.05, 3.63) is 81.2 Å². The molecule has 0 bridgehead atoms. The van der Waals surface area contributed by atoms with Gasteiger partial charge in [-0.3, -0.25) is 10.1 Å². The summed E-state index contributed by atoms with van der Waals surface area (Å²) in [5.74, 6) is -1.20. The van der Waals surface area contributed by atoms with Crippen LogP contribution in [0.3, 0.4) is 0 Å². The number of rotatable bonds is 4. The first kappa shape index (κ1) is 20.9. The number of amides is 3. The highest BCUT2D eigenvalue weighted by Crippen LogP contribution is 2.27. The number of carbonyl (C=O) groups excluding carboxylic acids is 2. The van der Waals surface area contributed by atoms with Crippen LogP contribution in [-0.2, 0) is 0 Å². The smallest absolute Gasteiger partial charge is 0.326 e. The molecule has 0 saturated carbocycles. The van der Waals surface area contributed by atoms with Crippen molar-refractivity contribution in [1.29, 1.82) is 0 Å². The topological polar surface area (TPSA) is 80.3 Å². The van der Waals surface area contributed by atoms with Crippen molar-refractivity contribution in [2.45, 2.75) is 0 Å². The summed E-state index contributed by atoms with van der Waals surface area (Å²) >= 11 is 17.6. The number of pyridine rings is 1. The zero-order valence-electron chi connectivity index (χ0n) is 14.4. The van der Waals surface area contributed by atoms with Gasteiger partial charge in [-0.25, -0.2) is 14.2 Å². The first-order valence-corrected chi connectivity index (χ1v) is 9.11. The lowest BCUT2D eigenvalue weighted by atomic mass is 10.2. The molecule has 0 aliphatic rings. The summed E-state index contributed by atoms with van der Waals surface area (Å²) < 4.78 is 19.3. The molecule has 3 rings (SSSR count). The molecule has 0 atom stereocenters. The Morgan fingerprint density at radius 1 is 1.00 bits per heavy atom. The quantitative estimate of drug-likeness (QED) is 0.511. The van der Waals surface area contributed by atoms with Gasteiger partial charge >= 0.3 is 6.03 Å². The van der Waals surface area contributed by atoms with Gasteiger partial charge in [0.25, 0.3) is 5.91 Å². The summed E-state index contributed by atoms with van der Waals surface area (Å²) in [6.07, 6.45) is 1.31. The van der Waals surface area contributed by atoms with E-state index >= 15 is 0 Å². The van der Waals surface area contributed by atoms with E-state index in [1.807, 2.05) is 5.32 Å². The Hall–Kier alpha value is -2.87. The Labute approximate surface area is 179 Å². The summed E-state index contributed by atoms with van der Waals surface area (Å²) in [7, 11) is 0. The lowest BCUT2D eigenvalue weighted by Gasteiger charge is -2.09. The van der Waals surface area contributed by atoms with Crippen molar-refractivity contribution in [2.75, 3.05) is 5.32 Å². The van der Waals surface area contributed by atoms with Gasteiger partial charge in [0.05, 0.1) is 22.5 Å². The number of hydrogen-bond acceptors (Lipinski definition) is 4. The molecule has 0 spiro atoms. The summed E-state index contributed by atoms with van der Waals surface area (Å²) in [6.45, 7) is 0. The number of nitrogens with one attached hydrogen (secondary N) is 2. The Morgan fingerprint density at radius 2 is 1.72 bits per heavy atom. The largest absolute Gasteiger partial charge is 0.439 e. The standard InChI is InChI=1S/C19H11Cl3FN3O3/c20-10-6-11(21)8-13(7-10)29-16-5-4-12(9-24-16)25-19(28)26-18(27)17-14(22)2-1-3-15(17)23/h1-9H,(H2,25,26,27,28). The number of nitrogens with zero attached hydrogens (tertiary/aromatic N) is 1. The number of halogens is 4. The second-order valence-corrected chi connectivity index (χ2v) is 6.88. The molecule has 2 aromatic carbocycles. The van der Waals surface area contributed by atoms with Crippen LogP contribution in [0.25, 0.3) is 0 Å². The van der Waals surface area contributed by atoms with Gasteiger partial charge in [-0.1, -0.05) is 40.9 Å². The molecular weight excluding hydrogens is 444 g/mol. The predicted molar refractivity (Wildman–Crippen MR) is 109 cm³/mol. The van der Waals surface area contributed by atoms with Crippen molar-refractivity contribution in [3.8, 4) is 11.6 Å². The third kappa shape index (κ3) is 5.57. The van der Waals surface area contributed by atoms with Gasteiger partial charge in [0.1, 0.15) is 11.6 Å². The zero-order chi connectivity index (χ0) is 21.0. The van der Waals surface area contributed by atoms with E-state index in [0.717, 1.165) is 6.07 Å². The van der Waals surface area contributed by atoms with Gasteiger partial charge in [-0.05, 0) is 36.4 Å². The van der Waals surface area contributed by atoms with Crippen LogP contribution in [0.5, 0.6) is 11.6 Å². The van der Waals surface area contributed by atoms with E-state index in [-0.39, 0.29) is 16.6 Å². The van der Waals surface area contributed by atoms with Crippen LogP contribution in [0.15, 0.2) is 54.7 Å². The fraction of sp³-hybridized carbons (Fsp3) is 0. The van der Waals surface area contributed by atoms with Crippen molar-refractivity contribution in [3.63, 3.8) is 0 Å². The lowest BCUT2D eigenvalue weighted by molar-refractivity contribution is 0.0963. The molecule has 0 radical (unpaired) electrons. The van der Waals surface area contributed by atoms with E-state index in [1.54, 1.807) is 18.2 Å². The summed E-state index contributed by atoms with van der Waals surface area (Å²) in [4.78, 5) is 28.1. The third-order valence-electron chi connectivity index (χ3n) is 3.47. The normalized spacial score (nSPS) is 10.3. The molecule has 2 N–H and O–H groups in total. The van der Waals surface area contributed by atoms with Crippen LogP contribution in [0, 0.1) is 5.82 Å². The molecule has 0 saturated heterocycles. The fourth-order valence-electron chi connectivity index (χ4n) is 2.27. The molecule has 0 aliphatic heterocycles. The number of benzene rings is 2. The van der Waals surface area contributed by atoms with Crippen LogP contribution in [0.2, 0.25) is 15.1 Å². The van der Waals surface area contributed by atoms with Crippen LogP contribution in [0.1, 0.15) is 10.4 Å². The predicted octanol–water partition coefficient (Wildman–Crippen LogP) is 5.94. The van der Waals surface area contributed by atoms with E-state index in [9.17, 15) is 14.0 Å². The van der Waals surface area contributed by atoms with Crippen molar-refractivity contribution in [1.82, 2.24) is 10.3 Å². The van der Waals surface area contributed by atoms with Gasteiger partial charge in [0.15, 0.2) is 0 Å². The average molecular weight is 455 g/mol. The zero-order valence-corrected chi connectivity index (χ0v) is 16.6. The van der Waals surface area contributed by atoms with Crippen LogP contribution < -0.4 is 15.4 Å². The molecule has 1 aromatic heterocycles. The first-order chi connectivity index (χ1) is 13.8. The fourth-order valence-corrected chi connectivity index (χ4v) is 3.02. The number of hydrogen-bond donors (Lipinski definition) is 2. The maximum atomic E-state index is 13.7. The highest BCUT2D eigenvalue weighted by atomic mass is 35.5. The second-order valence-electron chi connectivity index (χ2n) is 5.60. The monoisotopic (exact) mass is 453 g/mol. The van der Waals surface area contributed by atoms with Crippen molar-refractivity contribution < 1.29 is 18.7 Å². The van der Waals surface area contributed by atoms with E-state index in [4.69, 9.17) is 39.5 Å². The Bertz CT molecular complexity index is 1040. The molecule has 0 aliphatic carbocycles. The molecule has 29 heavy (non-hydrogen) atoms. The molecule has 1 heterocycles. The van der Waals surface area contributed by atoms with Crippen molar-refractivity contribution in [2.24, 2.45) is 0 Å². The van der Waals surface area contributed by atoms with Crippen LogP contribution >= 0.6 is 34.8 Å². The van der Waals surface area contributed by atoms with Gasteiger partial charge in [-0.15, -0.1) is 0 Å². The second kappa shape index (κ2) is 9.09. The van der Waals surface area contributed by atoms with Crippen LogP contribution in [-0.4, -0.2) is 16.9 Å². The minimum Gasteiger partial charge on any atom is -0.439 e. The maximum Gasteiger partial charge on any atom is 0.326 e. The number of imide groups is 1. The van der Waals surface area contributed by atoms with E-state index in [2.05, 4.69) is 10.3 Å². The van der Waals surface area contributed by atoms with E-state index in [1.165, 1.54) is 30.5 Å².